The van der Waals surface area contributed by atoms with Gasteiger partial charge in [0.2, 0.25) is 0 Å². The zero-order valence-electron chi connectivity index (χ0n) is 12.8. The van der Waals surface area contributed by atoms with Crippen LogP contribution in [0.4, 0.5) is 4.39 Å². The molecule has 0 bridgehead atoms. The van der Waals surface area contributed by atoms with Crippen molar-refractivity contribution in [2.24, 2.45) is 0 Å². The summed E-state index contributed by atoms with van der Waals surface area (Å²) < 4.78 is 13.3. The Labute approximate surface area is 127 Å². The van der Waals surface area contributed by atoms with Crippen LogP contribution in [0.5, 0.6) is 0 Å². The molecule has 0 aliphatic carbocycles. The van der Waals surface area contributed by atoms with E-state index < -0.39 is 5.69 Å². The summed E-state index contributed by atoms with van der Waals surface area (Å²) in [6.07, 6.45) is 0. The summed E-state index contributed by atoms with van der Waals surface area (Å²) in [7, 11) is 0. The van der Waals surface area contributed by atoms with Gasteiger partial charge in [0.05, 0.1) is 11.2 Å². The molecule has 0 radical (unpaired) electrons. The number of nitrogens with one attached hydrogen (secondary N) is 1. The number of fused-ring (bicyclic) bond motifs is 1. The molecule has 4 heteroatoms. The largest absolute Gasteiger partial charge is 0.345 e. The van der Waals surface area contributed by atoms with E-state index in [4.69, 9.17) is 0 Å². The monoisotopic (exact) mass is 296 g/mol. The molecule has 3 aromatic rings. The van der Waals surface area contributed by atoms with E-state index in [0.717, 1.165) is 10.9 Å². The number of rotatable bonds is 1. The average molecular weight is 296 g/mol. The first kappa shape index (κ1) is 14.4. The minimum atomic E-state index is -0.479. The molecule has 3 nitrogen and oxygen atoms in total. The normalized spacial score (nSPS) is 11.8. The lowest BCUT2D eigenvalue weighted by Gasteiger charge is -2.19. The van der Waals surface area contributed by atoms with Gasteiger partial charge in [0.1, 0.15) is 5.82 Å². The number of H-pyrrole nitrogens is 1. The molecule has 1 heterocycles. The third-order valence-corrected chi connectivity index (χ3v) is 3.72. The van der Waals surface area contributed by atoms with Crippen LogP contribution < -0.4 is 5.69 Å². The van der Waals surface area contributed by atoms with Gasteiger partial charge in [-0.1, -0.05) is 45.0 Å². The Morgan fingerprint density at radius 3 is 2.36 bits per heavy atom. The van der Waals surface area contributed by atoms with Crippen LogP contribution in [0.25, 0.3) is 22.2 Å². The molecule has 1 aromatic heterocycles. The Hall–Kier alpha value is -2.49. The van der Waals surface area contributed by atoms with E-state index in [2.05, 4.69) is 30.7 Å². The van der Waals surface area contributed by atoms with E-state index in [1.54, 1.807) is 6.07 Å². The van der Waals surface area contributed by atoms with Gasteiger partial charge < -0.3 is 4.98 Å². The maximum Gasteiger partial charge on any atom is 0.345 e. The smallest absolute Gasteiger partial charge is 0.305 e. The molecule has 0 fully saturated rings. The van der Waals surface area contributed by atoms with Gasteiger partial charge in [-0.25, -0.2) is 9.18 Å². The SMILES string of the molecule is CC(C)(C)c1ccc(-c2nc(=O)[nH]c3cc(F)ccc23)cc1. The van der Waals surface area contributed by atoms with Crippen molar-refractivity contribution in [2.45, 2.75) is 26.2 Å². The first-order valence-corrected chi connectivity index (χ1v) is 7.15. The molecule has 112 valence electrons. The van der Waals surface area contributed by atoms with Crippen LogP contribution >= 0.6 is 0 Å². The zero-order valence-corrected chi connectivity index (χ0v) is 12.8. The summed E-state index contributed by atoms with van der Waals surface area (Å²) in [6, 6.07) is 12.3. The van der Waals surface area contributed by atoms with Gasteiger partial charge in [0, 0.05) is 10.9 Å². The zero-order chi connectivity index (χ0) is 15.9. The molecule has 22 heavy (non-hydrogen) atoms. The van der Waals surface area contributed by atoms with Gasteiger partial charge in [0.25, 0.3) is 0 Å². The lowest BCUT2D eigenvalue weighted by molar-refractivity contribution is 0.590. The van der Waals surface area contributed by atoms with Gasteiger partial charge in [0.15, 0.2) is 0 Å². The molecule has 2 aromatic carbocycles. The van der Waals surface area contributed by atoms with Crippen molar-refractivity contribution < 1.29 is 4.39 Å². The van der Waals surface area contributed by atoms with Crippen LogP contribution in [-0.2, 0) is 5.41 Å². The fourth-order valence-corrected chi connectivity index (χ4v) is 2.48. The highest BCUT2D eigenvalue weighted by Crippen LogP contribution is 2.28. The predicted molar refractivity (Wildman–Crippen MR) is 86.5 cm³/mol. The molecule has 0 spiro atoms. The van der Waals surface area contributed by atoms with E-state index in [1.165, 1.54) is 17.7 Å². The molecule has 0 saturated carbocycles. The second-order valence-corrected chi connectivity index (χ2v) is 6.41. The maximum absolute atomic E-state index is 13.3. The highest BCUT2D eigenvalue weighted by atomic mass is 19.1. The molecule has 0 atom stereocenters. The topological polar surface area (TPSA) is 45.8 Å². The van der Waals surface area contributed by atoms with Crippen LogP contribution in [0.15, 0.2) is 47.3 Å². The average Bonchev–Trinajstić information content (AvgIpc) is 2.45. The molecule has 0 unspecified atom stereocenters. The van der Waals surface area contributed by atoms with Gasteiger partial charge in [-0.3, -0.25) is 0 Å². The quantitative estimate of drug-likeness (QED) is 0.737. The van der Waals surface area contributed by atoms with Gasteiger partial charge in [-0.15, -0.1) is 0 Å². The van der Waals surface area contributed by atoms with E-state index in [1.807, 2.05) is 24.3 Å². The summed E-state index contributed by atoms with van der Waals surface area (Å²) >= 11 is 0. The number of hydrogen-bond acceptors (Lipinski definition) is 2. The Bertz CT molecular complexity index is 890. The van der Waals surface area contributed by atoms with Crippen LogP contribution in [0.1, 0.15) is 26.3 Å². The highest BCUT2D eigenvalue weighted by molar-refractivity contribution is 5.91. The minimum Gasteiger partial charge on any atom is -0.305 e. The molecule has 0 aliphatic rings. The standard InChI is InChI=1S/C18H17FN2O/c1-18(2,3)12-6-4-11(5-7-12)16-14-9-8-13(19)10-15(14)20-17(22)21-16/h4-10H,1-3H3,(H,20,21,22). The summed E-state index contributed by atoms with van der Waals surface area (Å²) in [5.74, 6) is -0.386. The third-order valence-electron chi connectivity index (χ3n) is 3.72. The molecular formula is C18H17FN2O. The maximum atomic E-state index is 13.3. The van der Waals surface area contributed by atoms with Crippen LogP contribution in [0, 0.1) is 5.82 Å². The van der Waals surface area contributed by atoms with E-state index in [9.17, 15) is 9.18 Å². The Morgan fingerprint density at radius 2 is 1.73 bits per heavy atom. The second kappa shape index (κ2) is 5.05. The molecule has 0 amide bonds. The van der Waals surface area contributed by atoms with Gasteiger partial charge in [-0.05, 0) is 29.2 Å². The van der Waals surface area contributed by atoms with Gasteiger partial charge >= 0.3 is 5.69 Å². The number of halogens is 1. The van der Waals surface area contributed by atoms with Crippen LogP contribution in [0.3, 0.4) is 0 Å². The lowest BCUT2D eigenvalue weighted by Crippen LogP contribution is -2.12. The summed E-state index contributed by atoms with van der Waals surface area (Å²) in [5, 5.41) is 0.726. The summed E-state index contributed by atoms with van der Waals surface area (Å²) in [4.78, 5) is 18.4. The van der Waals surface area contributed by atoms with Crippen molar-refractivity contribution >= 4 is 10.9 Å². The van der Waals surface area contributed by atoms with Crippen LogP contribution in [0.2, 0.25) is 0 Å². The van der Waals surface area contributed by atoms with Crippen molar-refractivity contribution in [3.05, 3.63) is 64.3 Å². The van der Waals surface area contributed by atoms with E-state index in [-0.39, 0.29) is 11.2 Å². The van der Waals surface area contributed by atoms with Gasteiger partial charge in [-0.2, -0.15) is 4.98 Å². The summed E-state index contributed by atoms with van der Waals surface area (Å²) in [6.45, 7) is 6.43. The number of hydrogen-bond donors (Lipinski definition) is 1. The second-order valence-electron chi connectivity index (χ2n) is 6.41. The number of aromatic amines is 1. The first-order valence-electron chi connectivity index (χ1n) is 7.15. The molecular weight excluding hydrogens is 279 g/mol. The predicted octanol–water partition coefficient (Wildman–Crippen LogP) is 4.03. The van der Waals surface area contributed by atoms with Crippen molar-refractivity contribution in [2.75, 3.05) is 0 Å². The lowest BCUT2D eigenvalue weighted by atomic mass is 9.86. The number of benzene rings is 2. The number of aromatic nitrogens is 2. The first-order chi connectivity index (χ1) is 10.3. The molecule has 3 rings (SSSR count). The Morgan fingerprint density at radius 1 is 1.05 bits per heavy atom. The number of nitrogens with zero attached hydrogens (tertiary/aromatic N) is 1. The van der Waals surface area contributed by atoms with Crippen molar-refractivity contribution in [1.82, 2.24) is 9.97 Å². The Balaban J connectivity index is 2.20. The van der Waals surface area contributed by atoms with E-state index in [0.29, 0.717) is 11.2 Å². The van der Waals surface area contributed by atoms with Crippen molar-refractivity contribution in [3.8, 4) is 11.3 Å². The van der Waals surface area contributed by atoms with Crippen molar-refractivity contribution in [1.29, 1.82) is 0 Å². The third kappa shape index (κ3) is 2.64. The molecule has 0 saturated heterocycles. The summed E-state index contributed by atoms with van der Waals surface area (Å²) in [5.41, 5.74) is 2.65. The molecule has 1 N–H and O–H groups in total. The fourth-order valence-electron chi connectivity index (χ4n) is 2.48. The van der Waals surface area contributed by atoms with Crippen molar-refractivity contribution in [3.63, 3.8) is 0 Å². The fraction of sp³-hybridized carbons (Fsp3) is 0.222. The van der Waals surface area contributed by atoms with Crippen LogP contribution in [-0.4, -0.2) is 9.97 Å². The Kier molecular flexibility index (Phi) is 3.32. The minimum absolute atomic E-state index is 0.0608. The highest BCUT2D eigenvalue weighted by Gasteiger charge is 2.14. The van der Waals surface area contributed by atoms with E-state index >= 15 is 0 Å². The molecule has 0 aliphatic heterocycles.